The third-order valence-electron chi connectivity index (χ3n) is 4.76. The van der Waals surface area contributed by atoms with Crippen molar-refractivity contribution in [3.8, 4) is 0 Å². The number of hydrogen-bond acceptors (Lipinski definition) is 2. The van der Waals surface area contributed by atoms with Gasteiger partial charge >= 0.3 is 0 Å². The van der Waals surface area contributed by atoms with Crippen molar-refractivity contribution in [1.82, 2.24) is 5.32 Å². The summed E-state index contributed by atoms with van der Waals surface area (Å²) in [5.41, 5.74) is 4.11. The second-order valence-corrected chi connectivity index (χ2v) is 8.58. The normalized spacial score (nSPS) is 11.1. The lowest BCUT2D eigenvalue weighted by Gasteiger charge is -2.19. The van der Waals surface area contributed by atoms with E-state index in [0.29, 0.717) is 22.8 Å². The van der Waals surface area contributed by atoms with Crippen molar-refractivity contribution in [2.45, 2.75) is 32.7 Å². The molecule has 0 heterocycles. The van der Waals surface area contributed by atoms with Crippen molar-refractivity contribution < 1.29 is 9.18 Å². The molecule has 2 N–H and O–H groups in total. The fourth-order valence-electron chi connectivity index (χ4n) is 2.99. The number of nitrogens with one attached hydrogen (secondary N) is 2. The van der Waals surface area contributed by atoms with Gasteiger partial charge in [-0.2, -0.15) is 0 Å². The molecule has 3 aromatic carbocycles. The van der Waals surface area contributed by atoms with Crippen molar-refractivity contribution >= 4 is 28.8 Å². The Morgan fingerprint density at radius 1 is 0.933 bits per heavy atom. The predicted octanol–water partition coefficient (Wildman–Crippen LogP) is 5.84. The van der Waals surface area contributed by atoms with Crippen molar-refractivity contribution in [2.24, 2.45) is 0 Å². The fraction of sp³-hybridized carbons (Fsp3) is 0.200. The minimum absolute atomic E-state index is 0.0377. The van der Waals surface area contributed by atoms with Crippen LogP contribution < -0.4 is 10.6 Å². The molecule has 0 atom stereocenters. The Morgan fingerprint density at radius 2 is 1.60 bits per heavy atom. The molecule has 0 amide bonds. The van der Waals surface area contributed by atoms with E-state index in [1.54, 1.807) is 24.3 Å². The summed E-state index contributed by atoms with van der Waals surface area (Å²) in [5, 5.41) is 6.60. The number of anilines is 1. The molecule has 3 aromatic rings. The van der Waals surface area contributed by atoms with Crippen molar-refractivity contribution in [2.75, 3.05) is 5.32 Å². The Hall–Kier alpha value is -3.05. The van der Waals surface area contributed by atoms with Crippen LogP contribution in [0.3, 0.4) is 0 Å². The quantitative estimate of drug-likeness (QED) is 0.402. The third kappa shape index (κ3) is 5.74. The lowest BCUT2D eigenvalue weighted by Crippen LogP contribution is -2.27. The van der Waals surface area contributed by atoms with Gasteiger partial charge in [0.05, 0.1) is 0 Å². The second-order valence-electron chi connectivity index (χ2n) is 8.17. The first-order valence-corrected chi connectivity index (χ1v) is 10.2. The molecular formula is C25H25FN2OS. The first kappa shape index (κ1) is 21.7. The number of hydrogen-bond donors (Lipinski definition) is 2. The van der Waals surface area contributed by atoms with E-state index in [2.05, 4.69) is 31.4 Å². The number of benzene rings is 3. The van der Waals surface area contributed by atoms with E-state index in [1.165, 1.54) is 17.7 Å². The molecule has 30 heavy (non-hydrogen) atoms. The number of carbonyl (C=O) groups is 1. The van der Waals surface area contributed by atoms with E-state index < -0.39 is 0 Å². The molecule has 5 heteroatoms. The summed E-state index contributed by atoms with van der Waals surface area (Å²) < 4.78 is 13.0. The standard InChI is InChI=1S/C25H25FN2OS/c1-25(2,3)20-11-9-18(10-12-20)23(29)19-5-4-6-22(15-19)28-24(30)27-16-17-7-13-21(26)14-8-17/h4-15H,16H2,1-3H3,(H2,27,28,30). The van der Waals surface area contributed by atoms with Gasteiger partial charge < -0.3 is 10.6 Å². The van der Waals surface area contributed by atoms with E-state index in [0.717, 1.165) is 11.3 Å². The summed E-state index contributed by atoms with van der Waals surface area (Å²) in [5.74, 6) is -0.307. The van der Waals surface area contributed by atoms with Crippen LogP contribution >= 0.6 is 12.2 Å². The maximum Gasteiger partial charge on any atom is 0.193 e. The van der Waals surface area contributed by atoms with Crippen LogP contribution in [-0.2, 0) is 12.0 Å². The van der Waals surface area contributed by atoms with Crippen LogP contribution in [-0.4, -0.2) is 10.9 Å². The molecular weight excluding hydrogens is 395 g/mol. The lowest BCUT2D eigenvalue weighted by atomic mass is 9.86. The molecule has 154 valence electrons. The second kappa shape index (κ2) is 9.18. The summed E-state index contributed by atoms with van der Waals surface area (Å²) in [7, 11) is 0. The molecule has 0 fully saturated rings. The smallest absolute Gasteiger partial charge is 0.193 e. The molecule has 0 aromatic heterocycles. The van der Waals surface area contributed by atoms with Gasteiger partial charge in [0.15, 0.2) is 10.9 Å². The van der Waals surface area contributed by atoms with Gasteiger partial charge in [-0.3, -0.25) is 4.79 Å². The van der Waals surface area contributed by atoms with Crippen LogP contribution in [0.1, 0.15) is 47.8 Å². The highest BCUT2D eigenvalue weighted by atomic mass is 32.1. The Labute approximate surface area is 182 Å². The molecule has 0 saturated carbocycles. The van der Waals surface area contributed by atoms with E-state index in [4.69, 9.17) is 12.2 Å². The van der Waals surface area contributed by atoms with E-state index in [1.807, 2.05) is 36.4 Å². The van der Waals surface area contributed by atoms with Gasteiger partial charge in [0, 0.05) is 23.4 Å². The highest BCUT2D eigenvalue weighted by molar-refractivity contribution is 7.80. The number of rotatable bonds is 5. The molecule has 0 aliphatic rings. The van der Waals surface area contributed by atoms with Crippen molar-refractivity contribution in [1.29, 1.82) is 0 Å². The summed E-state index contributed by atoms with van der Waals surface area (Å²) in [6.07, 6.45) is 0. The van der Waals surface area contributed by atoms with Crippen LogP contribution in [0.25, 0.3) is 0 Å². The van der Waals surface area contributed by atoms with E-state index >= 15 is 0 Å². The number of carbonyl (C=O) groups excluding carboxylic acids is 1. The van der Waals surface area contributed by atoms with Gasteiger partial charge in [-0.15, -0.1) is 0 Å². The van der Waals surface area contributed by atoms with Crippen LogP contribution in [0.4, 0.5) is 10.1 Å². The van der Waals surface area contributed by atoms with Gasteiger partial charge in [-0.1, -0.05) is 69.3 Å². The molecule has 0 bridgehead atoms. The number of ketones is 1. The number of thiocarbonyl (C=S) groups is 1. The molecule has 0 aliphatic carbocycles. The average molecular weight is 421 g/mol. The Morgan fingerprint density at radius 3 is 2.23 bits per heavy atom. The highest BCUT2D eigenvalue weighted by Gasteiger charge is 2.15. The average Bonchev–Trinajstić information content (AvgIpc) is 2.72. The fourth-order valence-corrected chi connectivity index (χ4v) is 3.18. The van der Waals surface area contributed by atoms with Crippen LogP contribution in [0.15, 0.2) is 72.8 Å². The summed E-state index contributed by atoms with van der Waals surface area (Å²) in [6.45, 7) is 6.91. The van der Waals surface area contributed by atoms with Gasteiger partial charge in [0.1, 0.15) is 5.82 Å². The summed E-state index contributed by atoms with van der Waals surface area (Å²) in [4.78, 5) is 12.9. The Bertz CT molecular complexity index is 1040. The zero-order valence-corrected chi connectivity index (χ0v) is 18.1. The lowest BCUT2D eigenvalue weighted by molar-refractivity contribution is 0.103. The molecule has 0 radical (unpaired) electrons. The molecule has 3 rings (SSSR count). The third-order valence-corrected chi connectivity index (χ3v) is 5.01. The monoisotopic (exact) mass is 420 g/mol. The van der Waals surface area contributed by atoms with E-state index in [9.17, 15) is 9.18 Å². The predicted molar refractivity (Wildman–Crippen MR) is 124 cm³/mol. The molecule has 3 nitrogen and oxygen atoms in total. The first-order chi connectivity index (χ1) is 14.2. The Balaban J connectivity index is 1.64. The van der Waals surface area contributed by atoms with Gasteiger partial charge in [-0.25, -0.2) is 4.39 Å². The van der Waals surface area contributed by atoms with Crippen LogP contribution in [0.5, 0.6) is 0 Å². The number of halogens is 1. The summed E-state index contributed by atoms with van der Waals surface area (Å²) in [6, 6.07) is 21.2. The van der Waals surface area contributed by atoms with Gasteiger partial charge in [0.2, 0.25) is 0 Å². The summed E-state index contributed by atoms with van der Waals surface area (Å²) >= 11 is 5.33. The topological polar surface area (TPSA) is 41.1 Å². The largest absolute Gasteiger partial charge is 0.358 e. The minimum atomic E-state index is -0.269. The van der Waals surface area contributed by atoms with Crippen molar-refractivity contribution in [3.63, 3.8) is 0 Å². The highest BCUT2D eigenvalue weighted by Crippen LogP contribution is 2.23. The van der Waals surface area contributed by atoms with E-state index in [-0.39, 0.29) is 17.0 Å². The maximum absolute atomic E-state index is 13.0. The molecule has 0 saturated heterocycles. The SMILES string of the molecule is CC(C)(C)c1ccc(C(=O)c2cccc(NC(=S)NCc3ccc(F)cc3)c2)cc1. The molecule has 0 aliphatic heterocycles. The van der Waals surface area contributed by atoms with Crippen LogP contribution in [0.2, 0.25) is 0 Å². The van der Waals surface area contributed by atoms with Crippen LogP contribution in [0, 0.1) is 5.82 Å². The van der Waals surface area contributed by atoms with Crippen molar-refractivity contribution in [3.05, 3.63) is 101 Å². The zero-order valence-electron chi connectivity index (χ0n) is 17.3. The van der Waals surface area contributed by atoms with Gasteiger partial charge in [-0.05, 0) is 53.0 Å². The minimum Gasteiger partial charge on any atom is -0.358 e. The molecule has 0 spiro atoms. The van der Waals surface area contributed by atoms with Gasteiger partial charge in [0.25, 0.3) is 0 Å². The Kier molecular flexibility index (Phi) is 6.63. The first-order valence-electron chi connectivity index (χ1n) is 9.77. The maximum atomic E-state index is 13.0. The molecule has 0 unspecified atom stereocenters. The zero-order chi connectivity index (χ0) is 21.7.